The van der Waals surface area contributed by atoms with Gasteiger partial charge in [-0.3, -0.25) is 14.7 Å². The van der Waals surface area contributed by atoms with Crippen LogP contribution in [0.1, 0.15) is 36.9 Å². The van der Waals surface area contributed by atoms with Crippen LogP contribution in [0.5, 0.6) is 0 Å². The third-order valence-electron chi connectivity index (χ3n) is 4.43. The molecule has 0 aliphatic heterocycles. The number of aryl methyl sites for hydroxylation is 1. The molecule has 8 heteroatoms. The second-order valence-electron chi connectivity index (χ2n) is 5.96. The SMILES string of the molecule is Cc1nc2cc[nH]n2c(=O)c1CC(=O)NC1(C(=O)O)CCCC1. The van der Waals surface area contributed by atoms with Crippen LogP contribution in [0.2, 0.25) is 0 Å². The predicted molar refractivity (Wildman–Crippen MR) is 81.2 cm³/mol. The molecule has 2 aromatic heterocycles. The van der Waals surface area contributed by atoms with Gasteiger partial charge in [-0.2, -0.15) is 0 Å². The van der Waals surface area contributed by atoms with Crippen molar-refractivity contribution in [2.75, 3.05) is 0 Å². The standard InChI is InChI=1S/C15H18N4O4/c1-9-10(13(21)19-11(17-9)4-7-16-19)8-12(20)18-15(14(22)23)5-2-3-6-15/h4,7,16H,2-3,5-6,8H2,1H3,(H,18,20)(H,22,23). The number of carboxylic acids is 1. The number of amides is 1. The number of H-pyrrole nitrogens is 1. The molecular weight excluding hydrogens is 300 g/mol. The van der Waals surface area contributed by atoms with E-state index in [0.29, 0.717) is 24.2 Å². The molecule has 23 heavy (non-hydrogen) atoms. The number of aromatic nitrogens is 3. The van der Waals surface area contributed by atoms with Gasteiger partial charge in [-0.1, -0.05) is 12.8 Å². The Morgan fingerprint density at radius 1 is 1.43 bits per heavy atom. The van der Waals surface area contributed by atoms with E-state index in [9.17, 15) is 19.5 Å². The molecule has 0 bridgehead atoms. The molecule has 1 amide bonds. The molecule has 0 unspecified atom stereocenters. The summed E-state index contributed by atoms with van der Waals surface area (Å²) in [7, 11) is 0. The molecule has 0 atom stereocenters. The van der Waals surface area contributed by atoms with Crippen molar-refractivity contribution in [3.8, 4) is 0 Å². The third-order valence-corrected chi connectivity index (χ3v) is 4.43. The summed E-state index contributed by atoms with van der Waals surface area (Å²) in [4.78, 5) is 40.4. The maximum atomic E-state index is 12.4. The van der Waals surface area contributed by atoms with E-state index < -0.39 is 17.4 Å². The summed E-state index contributed by atoms with van der Waals surface area (Å²) < 4.78 is 1.26. The summed E-state index contributed by atoms with van der Waals surface area (Å²) in [5.74, 6) is -1.49. The number of fused-ring (bicyclic) bond motifs is 1. The van der Waals surface area contributed by atoms with Gasteiger partial charge in [0.05, 0.1) is 6.42 Å². The van der Waals surface area contributed by atoms with Crippen molar-refractivity contribution in [2.24, 2.45) is 0 Å². The number of aromatic amines is 1. The number of nitrogens with zero attached hydrogens (tertiary/aromatic N) is 2. The first-order chi connectivity index (χ1) is 10.9. The van der Waals surface area contributed by atoms with E-state index in [4.69, 9.17) is 0 Å². The van der Waals surface area contributed by atoms with Crippen molar-refractivity contribution in [1.29, 1.82) is 0 Å². The lowest BCUT2D eigenvalue weighted by Gasteiger charge is -2.25. The highest BCUT2D eigenvalue weighted by Crippen LogP contribution is 2.30. The Balaban J connectivity index is 1.86. The van der Waals surface area contributed by atoms with Gasteiger partial charge in [0.15, 0.2) is 5.65 Å². The van der Waals surface area contributed by atoms with E-state index in [1.165, 1.54) is 4.52 Å². The van der Waals surface area contributed by atoms with Gasteiger partial charge in [-0.25, -0.2) is 14.3 Å². The number of carbonyl (C=O) groups is 2. The molecule has 3 N–H and O–H groups in total. The molecule has 1 saturated carbocycles. The van der Waals surface area contributed by atoms with Crippen LogP contribution in [0.4, 0.5) is 0 Å². The fourth-order valence-electron chi connectivity index (χ4n) is 3.15. The molecule has 1 fully saturated rings. The van der Waals surface area contributed by atoms with Gasteiger partial charge in [0, 0.05) is 23.5 Å². The van der Waals surface area contributed by atoms with Crippen LogP contribution in [0.3, 0.4) is 0 Å². The highest BCUT2D eigenvalue weighted by atomic mass is 16.4. The van der Waals surface area contributed by atoms with Crippen LogP contribution < -0.4 is 10.9 Å². The minimum atomic E-state index is -1.20. The van der Waals surface area contributed by atoms with E-state index in [1.807, 2.05) is 0 Å². The number of aliphatic carboxylic acids is 1. The van der Waals surface area contributed by atoms with Crippen LogP contribution in [-0.2, 0) is 16.0 Å². The fraction of sp³-hybridized carbons (Fsp3) is 0.467. The first-order valence-electron chi connectivity index (χ1n) is 7.53. The molecule has 0 aromatic carbocycles. The summed E-state index contributed by atoms with van der Waals surface area (Å²) in [5, 5.41) is 14.8. The molecule has 2 aromatic rings. The van der Waals surface area contributed by atoms with Gasteiger partial charge >= 0.3 is 5.97 Å². The van der Waals surface area contributed by atoms with Crippen molar-refractivity contribution in [3.05, 3.63) is 33.9 Å². The summed E-state index contributed by atoms with van der Waals surface area (Å²) in [6.45, 7) is 1.67. The zero-order chi connectivity index (χ0) is 16.6. The number of carboxylic acid groups (broad SMARTS) is 1. The van der Waals surface area contributed by atoms with Gasteiger partial charge in [-0.15, -0.1) is 0 Å². The Bertz CT molecular complexity index is 830. The van der Waals surface area contributed by atoms with E-state index in [2.05, 4.69) is 15.4 Å². The smallest absolute Gasteiger partial charge is 0.329 e. The molecule has 0 saturated heterocycles. The molecule has 0 spiro atoms. The first kappa shape index (κ1) is 15.3. The molecule has 8 nitrogen and oxygen atoms in total. The molecule has 1 aliphatic carbocycles. The van der Waals surface area contributed by atoms with Crippen molar-refractivity contribution >= 4 is 17.5 Å². The molecule has 2 heterocycles. The predicted octanol–water partition coefficient (Wildman–Crippen LogP) is 0.387. The zero-order valence-corrected chi connectivity index (χ0v) is 12.8. The van der Waals surface area contributed by atoms with E-state index >= 15 is 0 Å². The normalized spacial score (nSPS) is 16.6. The minimum Gasteiger partial charge on any atom is -0.480 e. The lowest BCUT2D eigenvalue weighted by molar-refractivity contribution is -0.147. The number of rotatable bonds is 4. The zero-order valence-electron chi connectivity index (χ0n) is 12.8. The van der Waals surface area contributed by atoms with Crippen LogP contribution in [0, 0.1) is 6.92 Å². The number of nitrogens with one attached hydrogen (secondary N) is 2. The maximum Gasteiger partial charge on any atom is 0.329 e. The molecular formula is C15H18N4O4. The monoisotopic (exact) mass is 318 g/mol. The van der Waals surface area contributed by atoms with Crippen LogP contribution in [-0.4, -0.2) is 37.1 Å². The second kappa shape index (κ2) is 5.53. The van der Waals surface area contributed by atoms with Crippen LogP contribution in [0.25, 0.3) is 5.65 Å². The maximum absolute atomic E-state index is 12.4. The van der Waals surface area contributed by atoms with E-state index in [1.54, 1.807) is 19.2 Å². The average molecular weight is 318 g/mol. The lowest BCUT2D eigenvalue weighted by Crippen LogP contribution is -2.53. The summed E-state index contributed by atoms with van der Waals surface area (Å²) in [6, 6.07) is 1.66. The minimum absolute atomic E-state index is 0.186. The Morgan fingerprint density at radius 2 is 2.13 bits per heavy atom. The van der Waals surface area contributed by atoms with Gasteiger partial charge in [0.1, 0.15) is 5.54 Å². The third kappa shape index (κ3) is 2.60. The van der Waals surface area contributed by atoms with E-state index in [-0.39, 0.29) is 17.5 Å². The van der Waals surface area contributed by atoms with Crippen LogP contribution >= 0.6 is 0 Å². The molecule has 3 rings (SSSR count). The van der Waals surface area contributed by atoms with E-state index in [0.717, 1.165) is 12.8 Å². The van der Waals surface area contributed by atoms with Gasteiger partial charge in [0.25, 0.3) is 5.56 Å². The summed E-state index contributed by atoms with van der Waals surface area (Å²) in [5.41, 5.74) is -0.329. The largest absolute Gasteiger partial charge is 0.480 e. The van der Waals surface area contributed by atoms with Gasteiger partial charge in [-0.05, 0) is 19.8 Å². The Labute approximate surface area is 131 Å². The van der Waals surface area contributed by atoms with Crippen LogP contribution in [0.15, 0.2) is 17.1 Å². The van der Waals surface area contributed by atoms with Crippen molar-refractivity contribution in [1.82, 2.24) is 19.9 Å². The lowest BCUT2D eigenvalue weighted by atomic mass is 9.97. The topological polar surface area (TPSA) is 117 Å². The first-order valence-corrected chi connectivity index (χ1v) is 7.53. The quantitative estimate of drug-likeness (QED) is 0.754. The van der Waals surface area contributed by atoms with Gasteiger partial charge < -0.3 is 10.4 Å². The molecule has 122 valence electrons. The fourth-order valence-corrected chi connectivity index (χ4v) is 3.15. The Morgan fingerprint density at radius 3 is 2.78 bits per heavy atom. The number of hydrogen-bond donors (Lipinski definition) is 3. The van der Waals surface area contributed by atoms with Crippen molar-refractivity contribution < 1.29 is 14.7 Å². The average Bonchev–Trinajstić information content (AvgIpc) is 3.13. The summed E-state index contributed by atoms with van der Waals surface area (Å²) in [6.07, 6.45) is 3.77. The number of carbonyl (C=O) groups excluding carboxylic acids is 1. The number of hydrogen-bond acceptors (Lipinski definition) is 4. The second-order valence-corrected chi connectivity index (χ2v) is 5.96. The highest BCUT2D eigenvalue weighted by molar-refractivity contribution is 5.88. The highest BCUT2D eigenvalue weighted by Gasteiger charge is 2.42. The molecule has 0 radical (unpaired) electrons. The summed E-state index contributed by atoms with van der Waals surface area (Å²) >= 11 is 0. The Kier molecular flexibility index (Phi) is 3.67. The Hall–Kier alpha value is -2.64. The van der Waals surface area contributed by atoms with Crippen molar-refractivity contribution in [2.45, 2.75) is 44.6 Å². The molecule has 1 aliphatic rings. The van der Waals surface area contributed by atoms with Crippen molar-refractivity contribution in [3.63, 3.8) is 0 Å². The van der Waals surface area contributed by atoms with Gasteiger partial charge in [0.2, 0.25) is 5.91 Å².